The molecule has 442 valence electrons. The normalized spacial score (nSPS) is 18.8. The minimum atomic E-state index is -5.23. The van der Waals surface area contributed by atoms with Crippen molar-refractivity contribution in [2.24, 2.45) is 33.4 Å². The molecule has 0 bridgehead atoms. The number of benzene rings is 2. The second-order valence-corrected chi connectivity index (χ2v) is 20.9. The summed E-state index contributed by atoms with van der Waals surface area (Å²) in [6.07, 6.45) is -13.0. The van der Waals surface area contributed by atoms with Gasteiger partial charge in [0, 0.05) is 79.6 Å². The summed E-state index contributed by atoms with van der Waals surface area (Å²) >= 11 is 0. The first kappa shape index (κ1) is 63.0. The largest absolute Gasteiger partial charge is 0.453 e. The number of rotatable bonds is 20. The molecule has 18 nitrogen and oxygen atoms in total. The first-order valence-corrected chi connectivity index (χ1v) is 25.2. The topological polar surface area (TPSA) is 225 Å². The molecule has 3 aliphatic rings. The van der Waals surface area contributed by atoms with Crippen LogP contribution in [-0.4, -0.2) is 160 Å². The van der Waals surface area contributed by atoms with Gasteiger partial charge in [-0.2, -0.15) is 35.1 Å². The lowest BCUT2D eigenvalue weighted by Gasteiger charge is -2.38. The molecule has 3 aromatic rings. The second kappa shape index (κ2) is 26.1. The third kappa shape index (κ3) is 15.8. The number of alkyl carbamates (subject to hydrolysis) is 2. The van der Waals surface area contributed by atoms with Gasteiger partial charge in [0.15, 0.2) is 0 Å². The lowest BCUT2D eigenvalue weighted by atomic mass is 9.82. The van der Waals surface area contributed by atoms with E-state index in [2.05, 4.69) is 46.4 Å². The smallest absolute Gasteiger partial charge is 0.407 e. The van der Waals surface area contributed by atoms with E-state index in [-0.39, 0.29) is 5.56 Å². The summed E-state index contributed by atoms with van der Waals surface area (Å²) < 4.78 is 159. The van der Waals surface area contributed by atoms with Crippen LogP contribution in [0.15, 0.2) is 65.8 Å². The van der Waals surface area contributed by atoms with Crippen molar-refractivity contribution in [2.45, 2.75) is 89.8 Å². The quantitative estimate of drug-likeness (QED) is 0.0264. The molecular formula is C53H62F10N10O8. The molecule has 28 heteroatoms. The highest BCUT2D eigenvalue weighted by molar-refractivity contribution is 5.87. The lowest BCUT2D eigenvalue weighted by molar-refractivity contribution is -0.221. The minimum absolute atomic E-state index is 0.268. The van der Waals surface area contributed by atoms with Crippen molar-refractivity contribution in [3.63, 3.8) is 0 Å². The van der Waals surface area contributed by atoms with Crippen molar-refractivity contribution in [3.05, 3.63) is 100 Å². The molecule has 6 atom stereocenters. The molecule has 0 unspecified atom stereocenters. The zero-order chi connectivity index (χ0) is 59.8. The number of carbonyl (C=O) groups excluding carboxylic acids is 4. The van der Waals surface area contributed by atoms with Gasteiger partial charge in [0.05, 0.1) is 56.5 Å². The monoisotopic (exact) mass is 1160 g/mol. The Labute approximate surface area is 459 Å². The Morgan fingerprint density at radius 1 is 0.827 bits per heavy atom. The van der Waals surface area contributed by atoms with Gasteiger partial charge in [0.2, 0.25) is 5.91 Å². The Hall–Kier alpha value is -7.22. The van der Waals surface area contributed by atoms with Crippen molar-refractivity contribution < 1.29 is 82.4 Å². The van der Waals surface area contributed by atoms with Crippen molar-refractivity contribution in [3.8, 4) is 11.8 Å². The molecule has 0 saturated carbocycles. The molecule has 2 aromatic carbocycles. The molecule has 0 radical (unpaired) electrons. The summed E-state index contributed by atoms with van der Waals surface area (Å²) in [4.78, 5) is 65.0. The number of aliphatic hydroxyl groups excluding tert-OH is 1. The molecule has 4 amide bonds. The highest BCUT2D eigenvalue weighted by Crippen LogP contribution is 2.42. The van der Waals surface area contributed by atoms with Gasteiger partial charge in [0.1, 0.15) is 29.5 Å². The SMILES string of the molecule is COC(=O)N[C@H](C(=O)N[C@@H](Cc1ccc(C#Cc2ccc(N3C[C@@H]4CN(C5COC5)C[C@@H]4C3)nc2)cc1)[C@@H](O)CN(Cc1c(F)cc(C(N)=CC=NC(F)F)cc1F)NC(=O)[C@@H](NC(=O)OC)C(C)(C)C(F)(F)F)C(C)(C)C(F)(F)F. The van der Waals surface area contributed by atoms with Crippen LogP contribution in [0.1, 0.15) is 55.5 Å². The van der Waals surface area contributed by atoms with Gasteiger partial charge in [-0.15, -0.1) is 0 Å². The van der Waals surface area contributed by atoms with E-state index in [0.29, 0.717) is 80.1 Å². The van der Waals surface area contributed by atoms with Crippen LogP contribution in [-0.2, 0) is 36.8 Å². The van der Waals surface area contributed by atoms with E-state index >= 15 is 8.78 Å². The number of nitrogens with one attached hydrogen (secondary N) is 4. The van der Waals surface area contributed by atoms with Crippen molar-refractivity contribution in [2.75, 3.05) is 65.1 Å². The van der Waals surface area contributed by atoms with Gasteiger partial charge in [0.25, 0.3) is 5.91 Å². The van der Waals surface area contributed by atoms with Gasteiger partial charge in [-0.05, 0) is 94.0 Å². The molecule has 6 rings (SSSR count). The van der Waals surface area contributed by atoms with Crippen LogP contribution in [0.2, 0.25) is 0 Å². The predicted octanol–water partition coefficient (Wildman–Crippen LogP) is 5.67. The van der Waals surface area contributed by atoms with E-state index in [1.807, 2.05) is 22.9 Å². The molecule has 1 aromatic heterocycles. The van der Waals surface area contributed by atoms with Crippen LogP contribution in [0, 0.1) is 46.1 Å². The molecule has 0 aliphatic carbocycles. The maximum atomic E-state index is 15.9. The first-order valence-electron chi connectivity index (χ1n) is 25.2. The summed E-state index contributed by atoms with van der Waals surface area (Å²) in [6, 6.07) is 4.70. The number of hydrazine groups is 1. The van der Waals surface area contributed by atoms with E-state index < -0.39 is 126 Å². The van der Waals surface area contributed by atoms with Gasteiger partial charge >= 0.3 is 31.1 Å². The number of carbonyl (C=O) groups is 4. The summed E-state index contributed by atoms with van der Waals surface area (Å²) in [5, 5.41) is 18.4. The summed E-state index contributed by atoms with van der Waals surface area (Å²) in [5.41, 5.74) is 1.16. The number of hydrogen-bond acceptors (Lipinski definition) is 14. The van der Waals surface area contributed by atoms with E-state index in [1.165, 1.54) is 24.3 Å². The molecule has 3 aliphatic heterocycles. The molecule has 3 fully saturated rings. The number of alkyl halides is 8. The summed E-state index contributed by atoms with van der Waals surface area (Å²) in [6.45, 7) is 2.14. The van der Waals surface area contributed by atoms with E-state index in [4.69, 9.17) is 10.5 Å². The second-order valence-electron chi connectivity index (χ2n) is 20.9. The molecule has 7 N–H and O–H groups in total. The van der Waals surface area contributed by atoms with Crippen LogP contribution in [0.4, 0.5) is 59.3 Å². The highest BCUT2D eigenvalue weighted by Gasteiger charge is 2.57. The number of pyridine rings is 1. The average Bonchev–Trinajstić information content (AvgIpc) is 4.04. The van der Waals surface area contributed by atoms with E-state index in [0.717, 1.165) is 65.5 Å². The maximum Gasteiger partial charge on any atom is 0.407 e. The minimum Gasteiger partial charge on any atom is -0.453 e. The number of aliphatic imine (C=N–C) groups is 1. The highest BCUT2D eigenvalue weighted by atomic mass is 19.4. The third-order valence-corrected chi connectivity index (χ3v) is 14.6. The molecule has 81 heavy (non-hydrogen) atoms. The average molecular weight is 1160 g/mol. The number of likely N-dealkylation sites (tertiary alicyclic amines) is 1. The standard InChI is InChI=1S/C53H62F10N10O8/c1-50(2,52(58,59)60)43(68-48(77)79-5)45(75)67-40(17-30-10-7-29(8-11-30)9-12-31-13-14-42(66-20-31)72-23-33-21-71(22-34(33)24-72)35-27-81-28-35)41(74)26-73(70-46(76)44(69-49(78)80-6)51(3,4)53(61,62)63)25-36-37(54)18-32(19-38(36)55)39(64)15-16-65-47(56)57/h7-8,10-11,13-16,18-20,33-35,40-41,43-44,47,74H,17,21-28,64H2,1-6H3,(H,67,75)(H,68,77)(H,69,78)(H,70,76)/t33-,34+,40-,41-,43+,44+/m0/s1. The number of nitrogens with zero attached hydrogens (tertiary/aromatic N) is 5. The van der Waals surface area contributed by atoms with Gasteiger partial charge in [-0.1, -0.05) is 24.0 Å². The number of fused-ring (bicyclic) bond motifs is 1. The van der Waals surface area contributed by atoms with Crippen molar-refractivity contribution in [1.29, 1.82) is 0 Å². The summed E-state index contributed by atoms with van der Waals surface area (Å²) in [5.74, 6) is 1.79. The number of allylic oxidation sites excluding steroid dienone is 1. The summed E-state index contributed by atoms with van der Waals surface area (Å²) in [7, 11) is 1.60. The van der Waals surface area contributed by atoms with Crippen LogP contribution < -0.4 is 32.0 Å². The number of hydrogen-bond donors (Lipinski definition) is 6. The molecule has 3 saturated heterocycles. The Balaban J connectivity index is 1.30. The molecular weight excluding hydrogens is 1090 g/mol. The van der Waals surface area contributed by atoms with Crippen LogP contribution in [0.25, 0.3) is 5.70 Å². The van der Waals surface area contributed by atoms with Crippen LogP contribution in [0.3, 0.4) is 0 Å². The van der Waals surface area contributed by atoms with Crippen LogP contribution in [0.5, 0.6) is 0 Å². The zero-order valence-electron chi connectivity index (χ0n) is 44.7. The Kier molecular flexibility index (Phi) is 20.3. The van der Waals surface area contributed by atoms with E-state index in [9.17, 15) is 59.4 Å². The van der Waals surface area contributed by atoms with Crippen molar-refractivity contribution >= 4 is 41.7 Å². The Morgan fingerprint density at radius 3 is 1.84 bits per heavy atom. The van der Waals surface area contributed by atoms with Gasteiger partial charge in [-0.25, -0.2) is 33.4 Å². The fraction of sp³-hybridized carbons (Fsp3) is 0.509. The molecule has 4 heterocycles. The molecule has 0 spiro atoms. The number of ether oxygens (including phenoxy) is 3. The first-order chi connectivity index (χ1) is 37.9. The Morgan fingerprint density at radius 2 is 1.36 bits per heavy atom. The number of nitrogens with two attached hydrogens (primary N) is 1. The number of aromatic nitrogens is 1. The predicted molar refractivity (Wildman–Crippen MR) is 274 cm³/mol. The number of aliphatic hydroxyl groups is 1. The van der Waals surface area contributed by atoms with E-state index in [1.54, 1.807) is 11.5 Å². The Bertz CT molecular complexity index is 2800. The number of amides is 4. The number of methoxy groups -OCH3 is 2. The van der Waals surface area contributed by atoms with Gasteiger partial charge < -0.3 is 45.9 Å². The lowest BCUT2D eigenvalue weighted by Crippen LogP contribution is -2.63. The maximum absolute atomic E-state index is 15.9. The number of halogens is 10. The zero-order valence-corrected chi connectivity index (χ0v) is 44.7. The number of anilines is 1. The fourth-order valence-electron chi connectivity index (χ4n) is 9.22. The third-order valence-electron chi connectivity index (χ3n) is 14.6. The van der Waals surface area contributed by atoms with Crippen LogP contribution >= 0.6 is 0 Å². The fourth-order valence-corrected chi connectivity index (χ4v) is 9.22. The van der Waals surface area contributed by atoms with Gasteiger partial charge in [-0.3, -0.25) is 19.9 Å². The van der Waals surface area contributed by atoms with Crippen molar-refractivity contribution in [1.82, 2.24) is 36.3 Å².